The first-order valence-corrected chi connectivity index (χ1v) is 9.25. The highest BCUT2D eigenvalue weighted by Gasteiger charge is 2.15. The molecule has 0 aliphatic heterocycles. The number of para-hydroxylation sites is 3. The maximum Gasteiger partial charge on any atom is 0.255 e. The van der Waals surface area contributed by atoms with Gasteiger partial charge >= 0.3 is 0 Å². The Morgan fingerprint density at radius 3 is 2.74 bits per heavy atom. The number of hydrogen-bond donors (Lipinski definition) is 1. The Hall–Kier alpha value is -3.51. The van der Waals surface area contributed by atoms with Gasteiger partial charge < -0.3 is 9.73 Å². The molecule has 0 saturated carbocycles. The van der Waals surface area contributed by atoms with Gasteiger partial charge in [-0.25, -0.2) is 9.97 Å². The molecule has 0 aliphatic carbocycles. The van der Waals surface area contributed by atoms with Crippen LogP contribution in [-0.2, 0) is 0 Å². The molecule has 0 aliphatic rings. The van der Waals surface area contributed by atoms with E-state index in [0.717, 1.165) is 21.3 Å². The van der Waals surface area contributed by atoms with Crippen LogP contribution in [0.3, 0.4) is 0 Å². The average Bonchev–Trinajstić information content (AvgIpc) is 3.34. The van der Waals surface area contributed by atoms with Crippen molar-refractivity contribution in [2.45, 2.75) is 0 Å². The van der Waals surface area contributed by atoms with Crippen molar-refractivity contribution in [1.82, 2.24) is 9.97 Å². The van der Waals surface area contributed by atoms with E-state index in [1.54, 1.807) is 11.6 Å². The molecule has 6 heteroatoms. The number of carbonyl (C=O) groups is 1. The van der Waals surface area contributed by atoms with Gasteiger partial charge in [-0.15, -0.1) is 11.3 Å². The fourth-order valence-electron chi connectivity index (χ4n) is 2.96. The molecule has 1 N–H and O–H groups in total. The molecule has 0 unspecified atom stereocenters. The number of thiazole rings is 1. The molecule has 130 valence electrons. The van der Waals surface area contributed by atoms with Crippen LogP contribution in [0.5, 0.6) is 0 Å². The quantitative estimate of drug-likeness (QED) is 0.464. The van der Waals surface area contributed by atoms with Crippen LogP contribution >= 0.6 is 11.3 Å². The van der Waals surface area contributed by atoms with Crippen LogP contribution in [0.1, 0.15) is 10.4 Å². The SMILES string of the molecule is O=C(Nc1ccccc1-c1nc2ccccc2o1)c1ccc2ncsc2c1. The molecular weight excluding hydrogens is 358 g/mol. The molecule has 5 rings (SSSR count). The minimum Gasteiger partial charge on any atom is -0.436 e. The number of nitrogens with one attached hydrogen (secondary N) is 1. The molecule has 1 amide bonds. The van der Waals surface area contributed by atoms with Crippen LogP contribution in [0.2, 0.25) is 0 Å². The van der Waals surface area contributed by atoms with Gasteiger partial charge in [-0.1, -0.05) is 24.3 Å². The minimum absolute atomic E-state index is 0.186. The minimum atomic E-state index is -0.186. The summed E-state index contributed by atoms with van der Waals surface area (Å²) in [6.07, 6.45) is 0. The standard InChI is InChI=1S/C21H13N3O2S/c25-20(13-9-10-17-19(11-13)27-12-22-17)23-15-6-2-1-5-14(15)21-24-16-7-3-4-8-18(16)26-21/h1-12H,(H,23,25). The highest BCUT2D eigenvalue weighted by Crippen LogP contribution is 2.30. The maximum atomic E-state index is 12.8. The van der Waals surface area contributed by atoms with Crippen LogP contribution in [0, 0.1) is 0 Å². The van der Waals surface area contributed by atoms with Crippen molar-refractivity contribution >= 4 is 44.2 Å². The first-order valence-electron chi connectivity index (χ1n) is 8.37. The lowest BCUT2D eigenvalue weighted by molar-refractivity contribution is 0.102. The first kappa shape index (κ1) is 15.7. The van der Waals surface area contributed by atoms with E-state index >= 15 is 0 Å². The summed E-state index contributed by atoms with van der Waals surface area (Å²) in [5, 5.41) is 2.97. The number of nitrogens with zero attached hydrogens (tertiary/aromatic N) is 2. The van der Waals surface area contributed by atoms with E-state index in [-0.39, 0.29) is 5.91 Å². The van der Waals surface area contributed by atoms with Crippen LogP contribution < -0.4 is 5.32 Å². The molecule has 27 heavy (non-hydrogen) atoms. The van der Waals surface area contributed by atoms with Gasteiger partial charge in [0.2, 0.25) is 5.89 Å². The molecular formula is C21H13N3O2S. The van der Waals surface area contributed by atoms with Gasteiger partial charge in [0.25, 0.3) is 5.91 Å². The lowest BCUT2D eigenvalue weighted by Crippen LogP contribution is -2.12. The summed E-state index contributed by atoms with van der Waals surface area (Å²) < 4.78 is 6.84. The lowest BCUT2D eigenvalue weighted by atomic mass is 10.1. The van der Waals surface area contributed by atoms with Gasteiger partial charge in [0.15, 0.2) is 5.58 Å². The summed E-state index contributed by atoms with van der Waals surface area (Å²) in [4.78, 5) is 21.5. The number of fused-ring (bicyclic) bond motifs is 2. The van der Waals surface area contributed by atoms with E-state index in [1.807, 2.05) is 60.7 Å². The number of oxazole rings is 1. The predicted molar refractivity (Wildman–Crippen MR) is 107 cm³/mol. The van der Waals surface area contributed by atoms with Crippen LogP contribution in [0.15, 0.2) is 76.7 Å². The van der Waals surface area contributed by atoms with Gasteiger partial charge in [0.05, 0.1) is 27.0 Å². The Morgan fingerprint density at radius 2 is 1.81 bits per heavy atom. The van der Waals surface area contributed by atoms with Crippen molar-refractivity contribution in [3.8, 4) is 11.5 Å². The molecule has 2 aromatic heterocycles. The Morgan fingerprint density at radius 1 is 0.963 bits per heavy atom. The highest BCUT2D eigenvalue weighted by atomic mass is 32.1. The molecule has 0 bridgehead atoms. The van der Waals surface area contributed by atoms with Gasteiger partial charge in [-0.05, 0) is 42.5 Å². The van der Waals surface area contributed by atoms with Crippen LogP contribution in [-0.4, -0.2) is 15.9 Å². The summed E-state index contributed by atoms with van der Waals surface area (Å²) in [5.74, 6) is 0.291. The summed E-state index contributed by atoms with van der Waals surface area (Å²) in [6, 6.07) is 20.6. The largest absolute Gasteiger partial charge is 0.436 e. The third-order valence-corrected chi connectivity index (χ3v) is 5.08. The van der Waals surface area contributed by atoms with Gasteiger partial charge in [0.1, 0.15) is 5.52 Å². The number of benzene rings is 3. The fourth-order valence-corrected chi connectivity index (χ4v) is 3.67. The monoisotopic (exact) mass is 371 g/mol. The smallest absolute Gasteiger partial charge is 0.255 e. The number of rotatable bonds is 3. The lowest BCUT2D eigenvalue weighted by Gasteiger charge is -2.09. The normalized spacial score (nSPS) is 11.1. The first-order chi connectivity index (χ1) is 13.3. The molecule has 0 atom stereocenters. The number of carbonyl (C=O) groups excluding carboxylic acids is 1. The second-order valence-corrected chi connectivity index (χ2v) is 6.91. The van der Waals surface area contributed by atoms with Crippen LogP contribution in [0.4, 0.5) is 5.69 Å². The Balaban J connectivity index is 1.51. The van der Waals surface area contributed by atoms with Crippen molar-refractivity contribution in [1.29, 1.82) is 0 Å². The third-order valence-electron chi connectivity index (χ3n) is 4.29. The second-order valence-electron chi connectivity index (χ2n) is 6.02. The Bertz CT molecular complexity index is 1260. The van der Waals surface area contributed by atoms with Crippen LogP contribution in [0.25, 0.3) is 32.8 Å². The summed E-state index contributed by atoms with van der Waals surface area (Å²) in [7, 11) is 0. The second kappa shape index (κ2) is 6.34. The molecule has 5 aromatic rings. The molecule has 3 aromatic carbocycles. The summed E-state index contributed by atoms with van der Waals surface area (Å²) >= 11 is 1.51. The van der Waals surface area contributed by atoms with Crippen molar-refractivity contribution in [3.63, 3.8) is 0 Å². The number of amides is 1. The number of hydrogen-bond acceptors (Lipinski definition) is 5. The zero-order valence-corrected chi connectivity index (χ0v) is 14.9. The third kappa shape index (κ3) is 2.86. The summed E-state index contributed by atoms with van der Waals surface area (Å²) in [6.45, 7) is 0. The average molecular weight is 371 g/mol. The molecule has 0 radical (unpaired) electrons. The maximum absolute atomic E-state index is 12.8. The Labute approximate surface area is 158 Å². The van der Waals surface area contributed by atoms with E-state index in [2.05, 4.69) is 15.3 Å². The number of anilines is 1. The molecule has 2 heterocycles. The summed E-state index contributed by atoms with van der Waals surface area (Å²) in [5.41, 5.74) is 6.13. The zero-order chi connectivity index (χ0) is 18.2. The molecule has 5 nitrogen and oxygen atoms in total. The van der Waals surface area contributed by atoms with E-state index in [9.17, 15) is 4.79 Å². The molecule has 0 spiro atoms. The van der Waals surface area contributed by atoms with Crippen molar-refractivity contribution in [3.05, 3.63) is 77.8 Å². The highest BCUT2D eigenvalue weighted by molar-refractivity contribution is 7.16. The van der Waals surface area contributed by atoms with Gasteiger partial charge in [0, 0.05) is 5.56 Å². The van der Waals surface area contributed by atoms with Gasteiger partial charge in [-0.2, -0.15) is 0 Å². The number of aromatic nitrogens is 2. The predicted octanol–water partition coefficient (Wildman–Crippen LogP) is 5.36. The van der Waals surface area contributed by atoms with Crippen molar-refractivity contribution in [2.24, 2.45) is 0 Å². The molecule has 0 fully saturated rings. The van der Waals surface area contributed by atoms with E-state index < -0.39 is 0 Å². The molecule has 0 saturated heterocycles. The Kier molecular flexibility index (Phi) is 3.69. The van der Waals surface area contributed by atoms with Crippen molar-refractivity contribution < 1.29 is 9.21 Å². The van der Waals surface area contributed by atoms with E-state index in [4.69, 9.17) is 4.42 Å². The van der Waals surface area contributed by atoms with E-state index in [1.165, 1.54) is 11.3 Å². The van der Waals surface area contributed by atoms with E-state index in [0.29, 0.717) is 22.7 Å². The zero-order valence-electron chi connectivity index (χ0n) is 14.0. The topological polar surface area (TPSA) is 68.0 Å². The van der Waals surface area contributed by atoms with Crippen molar-refractivity contribution in [2.75, 3.05) is 5.32 Å². The van der Waals surface area contributed by atoms with Gasteiger partial charge in [-0.3, -0.25) is 4.79 Å². The fraction of sp³-hybridized carbons (Fsp3) is 0.